The van der Waals surface area contributed by atoms with Crippen LogP contribution < -0.4 is 0 Å². The molecule has 1 aromatic heterocycles. The fourth-order valence-corrected chi connectivity index (χ4v) is 1.60. The normalized spacial score (nSPS) is 10.2. The average molecular weight is 230 g/mol. The van der Waals surface area contributed by atoms with Gasteiger partial charge in [-0.05, 0) is 12.5 Å². The molecule has 0 amide bonds. The summed E-state index contributed by atoms with van der Waals surface area (Å²) < 4.78 is 6.75. The first kappa shape index (κ1) is 11.4. The lowest BCUT2D eigenvalue weighted by atomic mass is 10.2. The lowest BCUT2D eigenvalue weighted by Gasteiger charge is -2.07. The summed E-state index contributed by atoms with van der Waals surface area (Å²) in [5.41, 5.74) is 1.60. The third-order valence-electron chi connectivity index (χ3n) is 2.39. The van der Waals surface area contributed by atoms with E-state index in [1.165, 1.54) is 6.20 Å². The van der Waals surface area contributed by atoms with Crippen molar-refractivity contribution in [2.75, 3.05) is 6.61 Å². The van der Waals surface area contributed by atoms with Crippen LogP contribution in [0.1, 0.15) is 23.0 Å². The molecule has 1 heterocycles. The van der Waals surface area contributed by atoms with Crippen molar-refractivity contribution < 1.29 is 9.53 Å². The van der Waals surface area contributed by atoms with Gasteiger partial charge in [0, 0.05) is 6.54 Å². The number of hydrogen-bond donors (Lipinski definition) is 0. The Hall–Kier alpha value is -2.10. The summed E-state index contributed by atoms with van der Waals surface area (Å²) in [6, 6.07) is 9.92. The van der Waals surface area contributed by atoms with Crippen LogP contribution in [0, 0.1) is 0 Å². The Labute approximate surface area is 99.9 Å². The molecule has 0 unspecified atom stereocenters. The highest BCUT2D eigenvalue weighted by Crippen LogP contribution is 2.07. The molecule has 88 valence electrons. The van der Waals surface area contributed by atoms with Crippen LogP contribution in [-0.2, 0) is 11.3 Å². The second-order valence-corrected chi connectivity index (χ2v) is 3.61. The van der Waals surface area contributed by atoms with E-state index in [-0.39, 0.29) is 5.97 Å². The molecule has 0 saturated carbocycles. The molecule has 0 aliphatic rings. The number of esters is 1. The molecule has 2 aromatic rings. The number of benzene rings is 1. The van der Waals surface area contributed by atoms with Crippen molar-refractivity contribution in [3.05, 3.63) is 54.1 Å². The standard InChI is InChI=1S/C13H14N2O2/c1-2-17-13(16)12-8-14-10-15(12)9-11-6-4-3-5-7-11/h3-8,10H,2,9H2,1H3. The van der Waals surface area contributed by atoms with E-state index >= 15 is 0 Å². The largest absolute Gasteiger partial charge is 0.461 e. The van der Waals surface area contributed by atoms with Crippen molar-refractivity contribution in [2.24, 2.45) is 0 Å². The average Bonchev–Trinajstić information content (AvgIpc) is 2.79. The Morgan fingerprint density at radius 3 is 2.82 bits per heavy atom. The van der Waals surface area contributed by atoms with Gasteiger partial charge in [0.2, 0.25) is 0 Å². The third kappa shape index (κ3) is 2.72. The number of rotatable bonds is 4. The van der Waals surface area contributed by atoms with Gasteiger partial charge in [-0.3, -0.25) is 0 Å². The molecule has 2 rings (SSSR count). The topological polar surface area (TPSA) is 44.1 Å². The van der Waals surface area contributed by atoms with Gasteiger partial charge in [0.15, 0.2) is 0 Å². The van der Waals surface area contributed by atoms with Crippen LogP contribution in [0.25, 0.3) is 0 Å². The molecule has 0 spiro atoms. The Kier molecular flexibility index (Phi) is 3.55. The van der Waals surface area contributed by atoms with Crippen LogP contribution in [0.4, 0.5) is 0 Å². The molecule has 0 atom stereocenters. The highest BCUT2D eigenvalue weighted by atomic mass is 16.5. The van der Waals surface area contributed by atoms with Crippen molar-refractivity contribution in [1.82, 2.24) is 9.55 Å². The lowest BCUT2D eigenvalue weighted by molar-refractivity contribution is 0.0514. The van der Waals surface area contributed by atoms with E-state index < -0.39 is 0 Å². The first-order valence-corrected chi connectivity index (χ1v) is 5.52. The van der Waals surface area contributed by atoms with Gasteiger partial charge in [0.1, 0.15) is 5.69 Å². The quantitative estimate of drug-likeness (QED) is 0.755. The van der Waals surface area contributed by atoms with Crippen LogP contribution in [-0.4, -0.2) is 22.1 Å². The maximum absolute atomic E-state index is 11.6. The number of carbonyl (C=O) groups is 1. The molecule has 0 aliphatic carbocycles. The summed E-state index contributed by atoms with van der Waals surface area (Å²) in [5, 5.41) is 0. The number of aromatic nitrogens is 2. The molecule has 0 saturated heterocycles. The van der Waals surface area contributed by atoms with Crippen LogP contribution in [0.15, 0.2) is 42.9 Å². The number of carbonyl (C=O) groups excluding carboxylic acids is 1. The van der Waals surface area contributed by atoms with E-state index in [0.29, 0.717) is 18.8 Å². The summed E-state index contributed by atoms with van der Waals surface area (Å²) in [6.45, 7) is 2.78. The maximum atomic E-state index is 11.6. The maximum Gasteiger partial charge on any atom is 0.356 e. The molecule has 0 N–H and O–H groups in total. The zero-order valence-corrected chi connectivity index (χ0v) is 9.67. The second-order valence-electron chi connectivity index (χ2n) is 3.61. The van der Waals surface area contributed by atoms with E-state index in [2.05, 4.69) is 4.98 Å². The van der Waals surface area contributed by atoms with E-state index in [9.17, 15) is 4.79 Å². The minimum Gasteiger partial charge on any atom is -0.461 e. The molecular weight excluding hydrogens is 216 g/mol. The summed E-state index contributed by atoms with van der Waals surface area (Å²) in [6.07, 6.45) is 3.17. The fraction of sp³-hybridized carbons (Fsp3) is 0.231. The Bertz CT molecular complexity index is 491. The third-order valence-corrected chi connectivity index (χ3v) is 2.39. The molecule has 0 aliphatic heterocycles. The van der Waals surface area contributed by atoms with E-state index in [4.69, 9.17) is 4.74 Å². The number of hydrogen-bond acceptors (Lipinski definition) is 3. The van der Waals surface area contributed by atoms with Gasteiger partial charge in [-0.2, -0.15) is 0 Å². The zero-order valence-electron chi connectivity index (χ0n) is 9.67. The first-order chi connectivity index (χ1) is 8.31. The minimum atomic E-state index is -0.332. The van der Waals surface area contributed by atoms with Gasteiger partial charge in [0.25, 0.3) is 0 Å². The molecule has 0 radical (unpaired) electrons. The number of imidazole rings is 1. The van der Waals surface area contributed by atoms with Gasteiger partial charge >= 0.3 is 5.97 Å². The first-order valence-electron chi connectivity index (χ1n) is 5.52. The molecule has 0 bridgehead atoms. The van der Waals surface area contributed by atoms with Crippen molar-refractivity contribution >= 4 is 5.97 Å². The monoisotopic (exact) mass is 230 g/mol. The van der Waals surface area contributed by atoms with E-state index in [0.717, 1.165) is 5.56 Å². The molecule has 4 heteroatoms. The fourth-order valence-electron chi connectivity index (χ4n) is 1.60. The second kappa shape index (κ2) is 5.30. The van der Waals surface area contributed by atoms with Crippen LogP contribution >= 0.6 is 0 Å². The smallest absolute Gasteiger partial charge is 0.356 e. The summed E-state index contributed by atoms with van der Waals surface area (Å²) >= 11 is 0. The molecule has 17 heavy (non-hydrogen) atoms. The van der Waals surface area contributed by atoms with Crippen molar-refractivity contribution in [2.45, 2.75) is 13.5 Å². The summed E-state index contributed by atoms with van der Waals surface area (Å²) in [7, 11) is 0. The van der Waals surface area contributed by atoms with Crippen LogP contribution in [0.3, 0.4) is 0 Å². The van der Waals surface area contributed by atoms with Gasteiger partial charge in [-0.25, -0.2) is 9.78 Å². The minimum absolute atomic E-state index is 0.332. The predicted octanol–water partition coefficient (Wildman–Crippen LogP) is 2.11. The summed E-state index contributed by atoms with van der Waals surface area (Å²) in [5.74, 6) is -0.332. The molecule has 0 fully saturated rings. The molecule has 4 nitrogen and oxygen atoms in total. The van der Waals surface area contributed by atoms with Gasteiger partial charge in [0.05, 0.1) is 19.1 Å². The van der Waals surface area contributed by atoms with Gasteiger partial charge in [-0.15, -0.1) is 0 Å². The van der Waals surface area contributed by atoms with Crippen molar-refractivity contribution in [1.29, 1.82) is 0 Å². The Morgan fingerprint density at radius 2 is 2.12 bits per heavy atom. The Morgan fingerprint density at radius 1 is 1.35 bits per heavy atom. The predicted molar refractivity (Wildman–Crippen MR) is 63.7 cm³/mol. The SMILES string of the molecule is CCOC(=O)c1cncn1Cc1ccccc1. The van der Waals surface area contributed by atoms with Gasteiger partial charge < -0.3 is 9.30 Å². The van der Waals surface area contributed by atoms with Crippen LogP contribution in [0.2, 0.25) is 0 Å². The number of ether oxygens (including phenoxy) is 1. The van der Waals surface area contributed by atoms with Crippen LogP contribution in [0.5, 0.6) is 0 Å². The van der Waals surface area contributed by atoms with Crippen molar-refractivity contribution in [3.63, 3.8) is 0 Å². The molecule has 1 aromatic carbocycles. The zero-order chi connectivity index (χ0) is 12.1. The van der Waals surface area contributed by atoms with Gasteiger partial charge in [-0.1, -0.05) is 30.3 Å². The molecular formula is C13H14N2O2. The van der Waals surface area contributed by atoms with E-state index in [1.54, 1.807) is 17.8 Å². The highest BCUT2D eigenvalue weighted by Gasteiger charge is 2.12. The summed E-state index contributed by atoms with van der Waals surface area (Å²) in [4.78, 5) is 15.6. The number of nitrogens with zero attached hydrogens (tertiary/aromatic N) is 2. The van der Waals surface area contributed by atoms with E-state index in [1.807, 2.05) is 30.3 Å². The van der Waals surface area contributed by atoms with Crippen molar-refractivity contribution in [3.8, 4) is 0 Å². The highest BCUT2D eigenvalue weighted by molar-refractivity contribution is 5.87. The Balaban J connectivity index is 2.17. The lowest BCUT2D eigenvalue weighted by Crippen LogP contribution is -2.12.